The quantitative estimate of drug-likeness (QED) is 0.906. The molecule has 1 saturated heterocycles. The second kappa shape index (κ2) is 5.74. The minimum atomic E-state index is -0.216. The van der Waals surface area contributed by atoms with Crippen LogP contribution in [0.4, 0.5) is 5.69 Å². The van der Waals surface area contributed by atoms with E-state index in [-0.39, 0.29) is 11.3 Å². The van der Waals surface area contributed by atoms with Crippen molar-refractivity contribution in [2.45, 2.75) is 33.6 Å². The Bertz CT molecular complexity index is 433. The molecular formula is C16H24N2O. The van der Waals surface area contributed by atoms with E-state index in [2.05, 4.69) is 31.3 Å². The molecule has 1 fully saturated rings. The van der Waals surface area contributed by atoms with E-state index in [0.29, 0.717) is 0 Å². The van der Waals surface area contributed by atoms with Gasteiger partial charge in [0.05, 0.1) is 0 Å². The number of hydrogen-bond acceptors (Lipinski definition) is 2. The highest BCUT2D eigenvalue weighted by molar-refractivity contribution is 5.97. The van der Waals surface area contributed by atoms with Crippen molar-refractivity contribution in [3.63, 3.8) is 0 Å². The maximum atomic E-state index is 12.8. The standard InChI is InChI=1S/C16H24N2O/c1-4-18(14-7-5-13(2)6-8-14)15(19)16(3)9-11-17-12-10-16/h5-8,17H,4,9-12H2,1-3H3. The summed E-state index contributed by atoms with van der Waals surface area (Å²) in [4.78, 5) is 14.8. The zero-order valence-electron chi connectivity index (χ0n) is 12.2. The Morgan fingerprint density at radius 2 is 1.84 bits per heavy atom. The van der Waals surface area contributed by atoms with Crippen molar-refractivity contribution in [3.05, 3.63) is 29.8 Å². The Labute approximate surface area is 116 Å². The van der Waals surface area contributed by atoms with Gasteiger partial charge in [0.25, 0.3) is 0 Å². The van der Waals surface area contributed by atoms with Gasteiger partial charge in [0, 0.05) is 17.6 Å². The van der Waals surface area contributed by atoms with Crippen LogP contribution in [0, 0.1) is 12.3 Å². The molecule has 1 aromatic carbocycles. The topological polar surface area (TPSA) is 32.3 Å². The normalized spacial score (nSPS) is 18.1. The molecule has 0 saturated carbocycles. The lowest BCUT2D eigenvalue weighted by atomic mass is 9.79. The lowest BCUT2D eigenvalue weighted by Gasteiger charge is -2.37. The van der Waals surface area contributed by atoms with Crippen molar-refractivity contribution in [1.82, 2.24) is 5.32 Å². The highest BCUT2D eigenvalue weighted by Gasteiger charge is 2.37. The largest absolute Gasteiger partial charge is 0.317 e. The average Bonchev–Trinajstić information content (AvgIpc) is 2.42. The van der Waals surface area contributed by atoms with Gasteiger partial charge in [0.1, 0.15) is 0 Å². The van der Waals surface area contributed by atoms with E-state index in [1.807, 2.05) is 24.0 Å². The molecule has 0 radical (unpaired) electrons. The molecule has 0 spiro atoms. The summed E-state index contributed by atoms with van der Waals surface area (Å²) in [6.07, 6.45) is 1.85. The smallest absolute Gasteiger partial charge is 0.233 e. The van der Waals surface area contributed by atoms with Crippen molar-refractivity contribution in [1.29, 1.82) is 0 Å². The van der Waals surface area contributed by atoms with Gasteiger partial charge in [-0.25, -0.2) is 0 Å². The van der Waals surface area contributed by atoms with Crippen LogP contribution in [0.3, 0.4) is 0 Å². The van der Waals surface area contributed by atoms with Crippen LogP contribution in [0.25, 0.3) is 0 Å². The fraction of sp³-hybridized carbons (Fsp3) is 0.562. The third kappa shape index (κ3) is 2.98. The Hall–Kier alpha value is -1.35. The van der Waals surface area contributed by atoms with Gasteiger partial charge in [-0.15, -0.1) is 0 Å². The second-order valence-corrected chi connectivity index (χ2v) is 5.70. The van der Waals surface area contributed by atoms with Gasteiger partial charge in [-0.2, -0.15) is 0 Å². The summed E-state index contributed by atoms with van der Waals surface area (Å²) in [5, 5.41) is 3.33. The lowest BCUT2D eigenvalue weighted by molar-refractivity contribution is -0.128. The highest BCUT2D eigenvalue weighted by atomic mass is 16.2. The van der Waals surface area contributed by atoms with Crippen molar-refractivity contribution in [3.8, 4) is 0 Å². The molecule has 3 nitrogen and oxygen atoms in total. The summed E-state index contributed by atoms with van der Waals surface area (Å²) in [5.74, 6) is 0.264. The molecule has 104 valence electrons. The van der Waals surface area contributed by atoms with Gasteiger partial charge < -0.3 is 10.2 Å². The van der Waals surface area contributed by atoms with Crippen LogP contribution in [0.5, 0.6) is 0 Å². The molecule has 3 heteroatoms. The minimum absolute atomic E-state index is 0.216. The van der Waals surface area contributed by atoms with Crippen LogP contribution >= 0.6 is 0 Å². The molecule has 1 N–H and O–H groups in total. The molecule has 0 bridgehead atoms. The van der Waals surface area contributed by atoms with Crippen molar-refractivity contribution >= 4 is 11.6 Å². The highest BCUT2D eigenvalue weighted by Crippen LogP contribution is 2.32. The Morgan fingerprint density at radius 1 is 1.26 bits per heavy atom. The predicted molar refractivity (Wildman–Crippen MR) is 79.4 cm³/mol. The van der Waals surface area contributed by atoms with Crippen LogP contribution in [0.1, 0.15) is 32.3 Å². The number of aryl methyl sites for hydroxylation is 1. The molecule has 19 heavy (non-hydrogen) atoms. The van der Waals surface area contributed by atoms with Crippen LogP contribution in [-0.4, -0.2) is 25.5 Å². The number of piperidine rings is 1. The third-order valence-corrected chi connectivity index (χ3v) is 4.13. The number of hydrogen-bond donors (Lipinski definition) is 1. The number of carbonyl (C=O) groups is 1. The number of anilines is 1. The van der Waals surface area contributed by atoms with Crippen LogP contribution in [0.2, 0.25) is 0 Å². The molecule has 1 aliphatic rings. The van der Waals surface area contributed by atoms with Gasteiger partial charge >= 0.3 is 0 Å². The van der Waals surface area contributed by atoms with Crippen LogP contribution in [0.15, 0.2) is 24.3 Å². The first-order chi connectivity index (χ1) is 9.07. The minimum Gasteiger partial charge on any atom is -0.317 e. The number of rotatable bonds is 3. The summed E-state index contributed by atoms with van der Waals surface area (Å²) in [5.41, 5.74) is 2.02. The summed E-state index contributed by atoms with van der Waals surface area (Å²) in [6.45, 7) is 8.82. The average molecular weight is 260 g/mol. The first kappa shape index (κ1) is 14.1. The Morgan fingerprint density at radius 3 is 2.37 bits per heavy atom. The first-order valence-electron chi connectivity index (χ1n) is 7.16. The fourth-order valence-electron chi connectivity index (χ4n) is 2.69. The molecule has 0 atom stereocenters. The van der Waals surface area contributed by atoms with E-state index in [1.54, 1.807) is 0 Å². The summed E-state index contributed by atoms with van der Waals surface area (Å²) in [7, 11) is 0. The molecule has 0 aromatic heterocycles. The summed E-state index contributed by atoms with van der Waals surface area (Å²) in [6, 6.07) is 8.22. The molecule has 1 heterocycles. The van der Waals surface area contributed by atoms with Crippen LogP contribution < -0.4 is 10.2 Å². The predicted octanol–water partition coefficient (Wildman–Crippen LogP) is 2.74. The van der Waals surface area contributed by atoms with E-state index in [1.165, 1.54) is 5.56 Å². The molecular weight excluding hydrogens is 236 g/mol. The van der Waals surface area contributed by atoms with E-state index in [4.69, 9.17) is 0 Å². The van der Waals surface area contributed by atoms with Gasteiger partial charge in [-0.1, -0.05) is 24.6 Å². The molecule has 0 unspecified atom stereocenters. The number of nitrogens with zero attached hydrogens (tertiary/aromatic N) is 1. The van der Waals surface area contributed by atoms with Gasteiger partial charge in [-0.05, 0) is 51.9 Å². The lowest BCUT2D eigenvalue weighted by Crippen LogP contribution is -2.47. The first-order valence-corrected chi connectivity index (χ1v) is 7.16. The zero-order chi connectivity index (χ0) is 13.9. The second-order valence-electron chi connectivity index (χ2n) is 5.70. The summed E-state index contributed by atoms with van der Waals surface area (Å²) < 4.78 is 0. The zero-order valence-corrected chi connectivity index (χ0v) is 12.2. The third-order valence-electron chi connectivity index (χ3n) is 4.13. The van der Waals surface area contributed by atoms with Crippen molar-refractivity contribution in [2.75, 3.05) is 24.5 Å². The SMILES string of the molecule is CCN(C(=O)C1(C)CCNCC1)c1ccc(C)cc1. The summed E-state index contributed by atoms with van der Waals surface area (Å²) >= 11 is 0. The molecule has 2 rings (SSSR count). The van der Waals surface area contributed by atoms with Crippen LogP contribution in [-0.2, 0) is 4.79 Å². The molecule has 1 amide bonds. The van der Waals surface area contributed by atoms with E-state index in [9.17, 15) is 4.79 Å². The monoisotopic (exact) mass is 260 g/mol. The fourth-order valence-corrected chi connectivity index (χ4v) is 2.69. The number of carbonyl (C=O) groups excluding carboxylic acids is 1. The molecule has 1 aliphatic heterocycles. The number of amides is 1. The maximum absolute atomic E-state index is 12.8. The van der Waals surface area contributed by atoms with Gasteiger partial charge in [0.15, 0.2) is 0 Å². The Balaban J connectivity index is 2.21. The van der Waals surface area contributed by atoms with E-state index in [0.717, 1.165) is 38.2 Å². The van der Waals surface area contributed by atoms with Crippen molar-refractivity contribution in [2.24, 2.45) is 5.41 Å². The Kier molecular flexibility index (Phi) is 4.25. The van der Waals surface area contributed by atoms with E-state index < -0.39 is 0 Å². The number of benzene rings is 1. The molecule has 0 aliphatic carbocycles. The van der Waals surface area contributed by atoms with E-state index >= 15 is 0 Å². The van der Waals surface area contributed by atoms with Gasteiger partial charge in [-0.3, -0.25) is 4.79 Å². The maximum Gasteiger partial charge on any atom is 0.233 e. The molecule has 1 aromatic rings. The van der Waals surface area contributed by atoms with Crippen molar-refractivity contribution < 1.29 is 4.79 Å². The number of nitrogens with one attached hydrogen (secondary N) is 1. The van der Waals surface area contributed by atoms with Gasteiger partial charge in [0.2, 0.25) is 5.91 Å².